The number of nitrogens with one attached hydrogen (secondary N) is 1. The van der Waals surface area contributed by atoms with Crippen molar-refractivity contribution in [3.8, 4) is 11.8 Å². The number of benzene rings is 2. The third-order valence-corrected chi connectivity index (χ3v) is 5.82. The van der Waals surface area contributed by atoms with E-state index in [-0.39, 0.29) is 23.0 Å². The number of sulfonamides is 1. The maximum Gasteiger partial charge on any atom is 0.270 e. The number of carbonyl (C=O) groups is 1. The van der Waals surface area contributed by atoms with Crippen molar-refractivity contribution in [1.82, 2.24) is 4.72 Å². The van der Waals surface area contributed by atoms with E-state index in [1.165, 1.54) is 18.2 Å². The summed E-state index contributed by atoms with van der Waals surface area (Å²) in [5.41, 5.74) is 1.21. The van der Waals surface area contributed by atoms with Crippen molar-refractivity contribution in [2.45, 2.75) is 24.2 Å². The summed E-state index contributed by atoms with van der Waals surface area (Å²) >= 11 is 0. The van der Waals surface area contributed by atoms with Gasteiger partial charge in [0.1, 0.15) is 0 Å². The van der Waals surface area contributed by atoms with Gasteiger partial charge in [0.15, 0.2) is 0 Å². The van der Waals surface area contributed by atoms with Crippen molar-refractivity contribution in [2.24, 2.45) is 0 Å². The number of nitro groups is 1. The summed E-state index contributed by atoms with van der Waals surface area (Å²) < 4.78 is 26.8. The zero-order valence-corrected chi connectivity index (χ0v) is 16.3. The number of hydrogen-bond donors (Lipinski definition) is 1. The Kier molecular flexibility index (Phi) is 6.26. The highest BCUT2D eigenvalue weighted by Crippen LogP contribution is 2.21. The van der Waals surface area contributed by atoms with Crippen LogP contribution in [0, 0.1) is 22.0 Å². The van der Waals surface area contributed by atoms with Gasteiger partial charge in [-0.15, -0.1) is 0 Å². The van der Waals surface area contributed by atoms with Gasteiger partial charge in [0.2, 0.25) is 15.9 Å². The molecule has 0 bridgehead atoms. The molecule has 1 amide bonds. The smallest absolute Gasteiger partial charge is 0.270 e. The van der Waals surface area contributed by atoms with Gasteiger partial charge in [-0.25, -0.2) is 8.42 Å². The van der Waals surface area contributed by atoms with Crippen LogP contribution in [0.4, 0.5) is 11.4 Å². The minimum atomic E-state index is -3.90. The van der Waals surface area contributed by atoms with E-state index in [0.29, 0.717) is 18.5 Å². The molecule has 0 spiro atoms. The van der Waals surface area contributed by atoms with Crippen molar-refractivity contribution < 1.29 is 18.1 Å². The van der Waals surface area contributed by atoms with Crippen LogP contribution in [0.5, 0.6) is 0 Å². The molecule has 0 saturated carbocycles. The molecular weight excluding hydrogens is 394 g/mol. The lowest BCUT2D eigenvalue weighted by atomic mass is 10.1. The third-order valence-electron chi connectivity index (χ3n) is 4.42. The second-order valence-electron chi connectivity index (χ2n) is 6.43. The van der Waals surface area contributed by atoms with E-state index in [2.05, 4.69) is 16.6 Å². The van der Waals surface area contributed by atoms with Crippen LogP contribution in [0.3, 0.4) is 0 Å². The van der Waals surface area contributed by atoms with Crippen LogP contribution in [0.15, 0.2) is 53.4 Å². The van der Waals surface area contributed by atoms with Crippen LogP contribution in [-0.2, 0) is 14.8 Å². The van der Waals surface area contributed by atoms with Gasteiger partial charge in [-0.1, -0.05) is 17.9 Å². The third kappa shape index (κ3) is 5.19. The highest BCUT2D eigenvalue weighted by atomic mass is 32.2. The molecule has 1 heterocycles. The summed E-state index contributed by atoms with van der Waals surface area (Å²) in [4.78, 5) is 23.7. The van der Waals surface area contributed by atoms with Gasteiger partial charge < -0.3 is 4.90 Å². The number of piperidine rings is 1. The lowest BCUT2D eigenvalue weighted by Gasteiger charge is -2.26. The second kappa shape index (κ2) is 8.86. The molecule has 9 heteroatoms. The maximum absolute atomic E-state index is 12.2. The number of nitrogens with zero attached hydrogens (tertiary/aromatic N) is 2. The molecule has 0 radical (unpaired) electrons. The zero-order chi connectivity index (χ0) is 20.9. The van der Waals surface area contributed by atoms with E-state index in [4.69, 9.17) is 0 Å². The summed E-state index contributed by atoms with van der Waals surface area (Å²) in [5, 5.41) is 10.8. The molecule has 29 heavy (non-hydrogen) atoms. The molecule has 2 aromatic rings. The Balaban J connectivity index is 1.62. The van der Waals surface area contributed by atoms with Crippen molar-refractivity contribution in [2.75, 3.05) is 18.0 Å². The molecule has 1 saturated heterocycles. The van der Waals surface area contributed by atoms with Crippen molar-refractivity contribution in [1.29, 1.82) is 0 Å². The first-order valence-corrected chi connectivity index (χ1v) is 10.5. The van der Waals surface area contributed by atoms with Crippen LogP contribution in [-0.4, -0.2) is 32.3 Å². The summed E-state index contributed by atoms with van der Waals surface area (Å²) in [6, 6.07) is 12.0. The Morgan fingerprint density at radius 2 is 1.90 bits per heavy atom. The zero-order valence-electron chi connectivity index (χ0n) is 15.5. The van der Waals surface area contributed by atoms with E-state index in [1.54, 1.807) is 17.0 Å². The standard InChI is InChI=1S/C20H19N3O5S/c24-20-8-1-2-14-22(20)17-11-9-16(10-12-17)5-4-13-21-29(27,28)19-7-3-6-18(15-19)23(25)26/h3,6-7,9-12,15,21H,1-2,8,13-14H2. The summed E-state index contributed by atoms with van der Waals surface area (Å²) in [6.07, 6.45) is 2.47. The molecule has 0 atom stereocenters. The molecule has 8 nitrogen and oxygen atoms in total. The summed E-state index contributed by atoms with van der Waals surface area (Å²) in [6.45, 7) is 0.570. The quantitative estimate of drug-likeness (QED) is 0.460. The van der Waals surface area contributed by atoms with Gasteiger partial charge in [0.05, 0.1) is 16.4 Å². The van der Waals surface area contributed by atoms with Crippen molar-refractivity contribution >= 4 is 27.3 Å². The first-order valence-electron chi connectivity index (χ1n) is 9.00. The second-order valence-corrected chi connectivity index (χ2v) is 8.20. The van der Waals surface area contributed by atoms with E-state index >= 15 is 0 Å². The fraction of sp³-hybridized carbons (Fsp3) is 0.250. The van der Waals surface area contributed by atoms with Crippen LogP contribution in [0.2, 0.25) is 0 Å². The Morgan fingerprint density at radius 3 is 2.59 bits per heavy atom. The molecule has 3 rings (SSSR count). The van der Waals surface area contributed by atoms with E-state index in [1.807, 2.05) is 12.1 Å². The van der Waals surface area contributed by atoms with Crippen LogP contribution in [0.25, 0.3) is 0 Å². The minimum absolute atomic E-state index is 0.116. The van der Waals surface area contributed by atoms with Gasteiger partial charge in [0, 0.05) is 36.3 Å². The maximum atomic E-state index is 12.2. The molecular formula is C20H19N3O5S. The van der Waals surface area contributed by atoms with Crippen LogP contribution >= 0.6 is 0 Å². The van der Waals surface area contributed by atoms with Gasteiger partial charge in [-0.2, -0.15) is 4.72 Å². The highest BCUT2D eigenvalue weighted by Gasteiger charge is 2.19. The number of anilines is 1. The molecule has 150 valence electrons. The molecule has 0 aliphatic carbocycles. The van der Waals surface area contributed by atoms with Crippen molar-refractivity contribution in [3.05, 3.63) is 64.2 Å². The van der Waals surface area contributed by atoms with Crippen molar-refractivity contribution in [3.63, 3.8) is 0 Å². The first-order chi connectivity index (χ1) is 13.9. The largest absolute Gasteiger partial charge is 0.312 e. The number of hydrogen-bond acceptors (Lipinski definition) is 5. The SMILES string of the molecule is O=C1CCCCN1c1ccc(C#CCNS(=O)(=O)c2cccc([N+](=O)[O-])c2)cc1. The van der Waals surface area contributed by atoms with Crippen LogP contribution in [0.1, 0.15) is 24.8 Å². The monoisotopic (exact) mass is 413 g/mol. The molecule has 2 aromatic carbocycles. The summed E-state index contributed by atoms with van der Waals surface area (Å²) in [7, 11) is -3.90. The lowest BCUT2D eigenvalue weighted by Crippen LogP contribution is -2.35. The predicted octanol–water partition coefficient (Wildman–Crippen LogP) is 2.44. The molecule has 1 fully saturated rings. The minimum Gasteiger partial charge on any atom is -0.312 e. The highest BCUT2D eigenvalue weighted by molar-refractivity contribution is 7.89. The lowest BCUT2D eigenvalue weighted by molar-refractivity contribution is -0.385. The number of nitro benzene ring substituents is 1. The normalized spacial score (nSPS) is 14.2. The van der Waals surface area contributed by atoms with E-state index in [0.717, 1.165) is 24.6 Å². The Morgan fingerprint density at radius 1 is 1.14 bits per heavy atom. The number of non-ortho nitro benzene ring substituents is 1. The average molecular weight is 413 g/mol. The molecule has 1 aliphatic heterocycles. The average Bonchev–Trinajstić information content (AvgIpc) is 2.72. The number of carbonyl (C=O) groups excluding carboxylic acids is 1. The molecule has 0 unspecified atom stereocenters. The van der Waals surface area contributed by atoms with E-state index < -0.39 is 14.9 Å². The van der Waals surface area contributed by atoms with Gasteiger partial charge in [-0.05, 0) is 43.2 Å². The first kappa shape index (κ1) is 20.5. The van der Waals surface area contributed by atoms with Gasteiger partial charge >= 0.3 is 0 Å². The van der Waals surface area contributed by atoms with Crippen LogP contribution < -0.4 is 9.62 Å². The summed E-state index contributed by atoms with van der Waals surface area (Å²) in [5.74, 6) is 5.69. The topological polar surface area (TPSA) is 110 Å². The fourth-order valence-corrected chi connectivity index (χ4v) is 3.89. The van der Waals surface area contributed by atoms with E-state index in [9.17, 15) is 23.3 Å². The fourth-order valence-electron chi connectivity index (χ4n) is 2.93. The molecule has 1 N–H and O–H groups in total. The number of rotatable bonds is 5. The predicted molar refractivity (Wildman–Crippen MR) is 108 cm³/mol. The molecule has 0 aromatic heterocycles. The Labute approximate surface area is 168 Å². The van der Waals surface area contributed by atoms with Gasteiger partial charge in [-0.3, -0.25) is 14.9 Å². The van der Waals surface area contributed by atoms with Gasteiger partial charge in [0.25, 0.3) is 5.69 Å². The number of amides is 1. The Bertz CT molecular complexity index is 1090. The molecule has 1 aliphatic rings. The Hall–Kier alpha value is -3.22.